The van der Waals surface area contributed by atoms with Crippen molar-refractivity contribution in [3.05, 3.63) is 94.5 Å². The molecule has 0 bridgehead atoms. The van der Waals surface area contributed by atoms with Crippen LogP contribution < -0.4 is 14.4 Å². The lowest BCUT2D eigenvalue weighted by atomic mass is 10.0. The van der Waals surface area contributed by atoms with Crippen molar-refractivity contribution in [1.29, 1.82) is 0 Å². The minimum absolute atomic E-state index is 0.0796. The molecule has 2 amide bonds. The van der Waals surface area contributed by atoms with Crippen LogP contribution in [0.5, 0.6) is 5.75 Å². The second-order valence-corrected chi connectivity index (χ2v) is 12.7. The fourth-order valence-corrected chi connectivity index (χ4v) is 5.67. The minimum Gasteiger partial charge on any atom is -0.497 e. The first-order chi connectivity index (χ1) is 19.0. The Balaban J connectivity index is 2.07. The molecule has 214 valence electrons. The fourth-order valence-electron chi connectivity index (χ4n) is 4.19. The summed E-state index contributed by atoms with van der Waals surface area (Å²) < 4.78 is 32.7. The van der Waals surface area contributed by atoms with Gasteiger partial charge in [-0.2, -0.15) is 0 Å². The normalized spacial score (nSPS) is 12.1. The predicted molar refractivity (Wildman–Crippen MR) is 162 cm³/mol. The van der Waals surface area contributed by atoms with Crippen LogP contribution in [0, 0.1) is 5.92 Å². The quantitative estimate of drug-likeness (QED) is 0.297. The first kappa shape index (κ1) is 31.2. The summed E-state index contributed by atoms with van der Waals surface area (Å²) in [5.41, 5.74) is 1.96. The summed E-state index contributed by atoms with van der Waals surface area (Å²) in [6.45, 7) is 4.03. The molecule has 0 aromatic heterocycles. The summed E-state index contributed by atoms with van der Waals surface area (Å²) in [6, 6.07) is 22.6. The Kier molecular flexibility index (Phi) is 11.2. The Morgan fingerprint density at radius 1 is 0.950 bits per heavy atom. The number of amides is 2. The number of rotatable bonds is 13. The molecular formula is C30H36BrN3O5S. The summed E-state index contributed by atoms with van der Waals surface area (Å²) in [7, 11) is -2.29. The van der Waals surface area contributed by atoms with Gasteiger partial charge in [0.25, 0.3) is 0 Å². The predicted octanol–water partition coefficient (Wildman–Crippen LogP) is 4.64. The second-order valence-electron chi connectivity index (χ2n) is 9.94. The molecular weight excluding hydrogens is 594 g/mol. The molecule has 3 rings (SSSR count). The number of ether oxygens (including phenoxy) is 1. The molecule has 0 aliphatic rings. The van der Waals surface area contributed by atoms with Gasteiger partial charge >= 0.3 is 0 Å². The summed E-state index contributed by atoms with van der Waals surface area (Å²) >= 11 is 3.41. The number of benzene rings is 3. The number of nitrogens with zero attached hydrogens (tertiary/aromatic N) is 2. The van der Waals surface area contributed by atoms with E-state index >= 15 is 0 Å². The maximum Gasteiger partial charge on any atom is 0.244 e. The van der Waals surface area contributed by atoms with Crippen LogP contribution in [0.4, 0.5) is 5.69 Å². The average molecular weight is 631 g/mol. The molecule has 1 N–H and O–H groups in total. The Morgan fingerprint density at radius 3 is 2.23 bits per heavy atom. The van der Waals surface area contributed by atoms with Gasteiger partial charge in [-0.1, -0.05) is 68.4 Å². The van der Waals surface area contributed by atoms with E-state index in [1.54, 1.807) is 43.5 Å². The van der Waals surface area contributed by atoms with E-state index in [1.807, 2.05) is 56.3 Å². The van der Waals surface area contributed by atoms with Crippen LogP contribution in [0.15, 0.2) is 83.3 Å². The van der Waals surface area contributed by atoms with Crippen molar-refractivity contribution in [3.63, 3.8) is 0 Å². The highest BCUT2D eigenvalue weighted by Crippen LogP contribution is 2.28. The van der Waals surface area contributed by atoms with E-state index in [-0.39, 0.29) is 24.8 Å². The number of para-hydroxylation sites is 1. The third kappa shape index (κ3) is 8.82. The van der Waals surface area contributed by atoms with Crippen molar-refractivity contribution in [2.75, 3.05) is 30.8 Å². The first-order valence-corrected chi connectivity index (χ1v) is 15.6. The maximum atomic E-state index is 14.1. The van der Waals surface area contributed by atoms with Crippen LogP contribution in [0.3, 0.4) is 0 Å². The number of anilines is 1. The molecule has 0 saturated carbocycles. The van der Waals surface area contributed by atoms with Gasteiger partial charge in [0.1, 0.15) is 18.3 Å². The molecule has 0 aliphatic carbocycles. The molecule has 1 atom stereocenters. The minimum atomic E-state index is -3.84. The van der Waals surface area contributed by atoms with Crippen molar-refractivity contribution in [2.24, 2.45) is 5.92 Å². The number of nitrogens with one attached hydrogen (secondary N) is 1. The number of sulfonamides is 1. The highest BCUT2D eigenvalue weighted by molar-refractivity contribution is 9.10. The van der Waals surface area contributed by atoms with Crippen LogP contribution in [0.1, 0.15) is 25.0 Å². The van der Waals surface area contributed by atoms with E-state index < -0.39 is 28.5 Å². The molecule has 0 fully saturated rings. The van der Waals surface area contributed by atoms with Crippen molar-refractivity contribution in [2.45, 2.75) is 32.9 Å². The van der Waals surface area contributed by atoms with Gasteiger partial charge in [0.05, 0.1) is 19.1 Å². The molecule has 3 aromatic rings. The lowest BCUT2D eigenvalue weighted by molar-refractivity contribution is -0.140. The molecule has 3 aromatic carbocycles. The maximum absolute atomic E-state index is 14.1. The van der Waals surface area contributed by atoms with Crippen LogP contribution in [0.2, 0.25) is 0 Å². The highest BCUT2D eigenvalue weighted by Gasteiger charge is 2.33. The van der Waals surface area contributed by atoms with Crippen LogP contribution in [0.25, 0.3) is 0 Å². The van der Waals surface area contributed by atoms with E-state index in [0.717, 1.165) is 21.7 Å². The molecule has 40 heavy (non-hydrogen) atoms. The van der Waals surface area contributed by atoms with E-state index in [4.69, 9.17) is 4.74 Å². The van der Waals surface area contributed by atoms with Gasteiger partial charge in [0.2, 0.25) is 21.8 Å². The Labute approximate surface area is 245 Å². The van der Waals surface area contributed by atoms with E-state index in [1.165, 1.54) is 4.90 Å². The molecule has 0 saturated heterocycles. The standard InChI is InChI=1S/C30H36BrN3O5S/c1-22(2)19-32-30(36)28(18-23-11-6-5-7-12-23)33(20-24-13-10-14-25(17-24)39-3)29(35)21-34(40(4,37)38)27-16-9-8-15-26(27)31/h5-17,22,28H,18-21H2,1-4H3,(H,32,36). The number of carbonyl (C=O) groups excluding carboxylic acids is 2. The van der Waals surface area contributed by atoms with Crippen LogP contribution >= 0.6 is 15.9 Å². The zero-order chi connectivity index (χ0) is 29.3. The van der Waals surface area contributed by atoms with Crippen molar-refractivity contribution in [3.8, 4) is 5.75 Å². The first-order valence-electron chi connectivity index (χ1n) is 13.0. The number of hydrogen-bond donors (Lipinski definition) is 1. The van der Waals surface area contributed by atoms with E-state index in [9.17, 15) is 18.0 Å². The number of hydrogen-bond acceptors (Lipinski definition) is 5. The molecule has 1 unspecified atom stereocenters. The van der Waals surface area contributed by atoms with Gasteiger partial charge in [0, 0.05) is 24.0 Å². The molecule has 0 aliphatic heterocycles. The zero-order valence-corrected chi connectivity index (χ0v) is 25.6. The van der Waals surface area contributed by atoms with Crippen LogP contribution in [-0.2, 0) is 32.6 Å². The third-order valence-corrected chi connectivity index (χ3v) is 8.04. The van der Waals surface area contributed by atoms with Gasteiger partial charge in [0.15, 0.2) is 0 Å². The summed E-state index contributed by atoms with van der Waals surface area (Å²) in [4.78, 5) is 29.2. The van der Waals surface area contributed by atoms with Gasteiger partial charge in [-0.15, -0.1) is 0 Å². The van der Waals surface area contributed by atoms with E-state index in [2.05, 4.69) is 21.2 Å². The van der Waals surface area contributed by atoms with Gasteiger partial charge in [-0.25, -0.2) is 8.42 Å². The zero-order valence-electron chi connectivity index (χ0n) is 23.2. The third-order valence-electron chi connectivity index (χ3n) is 6.24. The number of carbonyl (C=O) groups is 2. The Hall–Kier alpha value is -3.37. The topological polar surface area (TPSA) is 96.0 Å². The number of methoxy groups -OCH3 is 1. The van der Waals surface area contributed by atoms with Gasteiger partial charge < -0.3 is 15.0 Å². The largest absolute Gasteiger partial charge is 0.497 e. The van der Waals surface area contributed by atoms with Gasteiger partial charge in [-0.3, -0.25) is 13.9 Å². The lowest BCUT2D eigenvalue weighted by Crippen LogP contribution is -2.53. The van der Waals surface area contributed by atoms with Crippen molar-refractivity contribution in [1.82, 2.24) is 10.2 Å². The van der Waals surface area contributed by atoms with E-state index in [0.29, 0.717) is 22.5 Å². The molecule has 0 heterocycles. The second kappa shape index (κ2) is 14.3. The van der Waals surface area contributed by atoms with Crippen LogP contribution in [-0.4, -0.2) is 57.6 Å². The SMILES string of the molecule is COc1cccc(CN(C(=O)CN(c2ccccc2Br)S(C)(=O)=O)C(Cc2ccccc2)C(=O)NCC(C)C)c1. The molecule has 0 spiro atoms. The average Bonchev–Trinajstić information content (AvgIpc) is 2.92. The summed E-state index contributed by atoms with van der Waals surface area (Å²) in [6.07, 6.45) is 1.32. The number of halogens is 1. The highest BCUT2D eigenvalue weighted by atomic mass is 79.9. The smallest absolute Gasteiger partial charge is 0.244 e. The lowest BCUT2D eigenvalue weighted by Gasteiger charge is -2.34. The van der Waals surface area contributed by atoms with Gasteiger partial charge in [-0.05, 0) is 57.2 Å². The fraction of sp³-hybridized carbons (Fsp3) is 0.333. The molecule has 10 heteroatoms. The monoisotopic (exact) mass is 629 g/mol. The Bertz CT molecular complexity index is 1400. The van der Waals surface area contributed by atoms with Crippen molar-refractivity contribution < 1.29 is 22.7 Å². The summed E-state index contributed by atoms with van der Waals surface area (Å²) in [5.74, 6) is 0.00462. The Morgan fingerprint density at radius 2 is 1.60 bits per heavy atom. The van der Waals surface area contributed by atoms with Crippen molar-refractivity contribution >= 4 is 43.5 Å². The molecule has 0 radical (unpaired) electrons. The molecule has 8 nitrogen and oxygen atoms in total. The summed E-state index contributed by atoms with van der Waals surface area (Å²) in [5, 5.41) is 2.97.